The van der Waals surface area contributed by atoms with Gasteiger partial charge >= 0.3 is 0 Å². The van der Waals surface area contributed by atoms with E-state index in [0.29, 0.717) is 11.5 Å². The summed E-state index contributed by atoms with van der Waals surface area (Å²) in [5, 5.41) is 3.56. The Labute approximate surface area is 122 Å². The molecule has 0 amide bonds. The Morgan fingerprint density at radius 3 is 2.12 bits per heavy atom. The highest BCUT2D eigenvalue weighted by Gasteiger charge is 2.54. The van der Waals surface area contributed by atoms with Crippen molar-refractivity contribution in [2.24, 2.45) is 16.3 Å². The molecule has 0 aromatic heterocycles. The first-order valence-corrected chi connectivity index (χ1v) is 6.30. The van der Waals surface area contributed by atoms with E-state index in [4.69, 9.17) is 0 Å². The van der Waals surface area contributed by atoms with Crippen molar-refractivity contribution in [1.29, 1.82) is 0 Å². The van der Waals surface area contributed by atoms with E-state index >= 15 is 0 Å². The molecule has 0 spiro atoms. The summed E-state index contributed by atoms with van der Waals surface area (Å²) in [6.07, 6.45) is 1.29. The number of rotatable bonds is 1. The smallest absolute Gasteiger partial charge is 0.194 e. The Hall–Kier alpha value is 0. The highest BCUT2D eigenvalue weighted by atomic mass is 127. The molecule has 4 heteroatoms. The van der Waals surface area contributed by atoms with Gasteiger partial charge in [0.25, 0.3) is 0 Å². The fourth-order valence-corrected chi connectivity index (χ4v) is 2.35. The lowest BCUT2D eigenvalue weighted by molar-refractivity contribution is -0.0668. The zero-order valence-electron chi connectivity index (χ0n) is 11.9. The van der Waals surface area contributed by atoms with E-state index in [-0.39, 0.29) is 29.5 Å². The van der Waals surface area contributed by atoms with Crippen LogP contribution in [0.25, 0.3) is 0 Å². The minimum atomic E-state index is 0. The maximum absolute atomic E-state index is 4.42. The molecule has 0 bridgehead atoms. The fourth-order valence-electron chi connectivity index (χ4n) is 2.35. The molecular formula is C13H26IN3. The molecule has 2 aliphatic rings. The summed E-state index contributed by atoms with van der Waals surface area (Å²) in [4.78, 5) is 6.82. The number of likely N-dealkylation sites (tertiary alicyclic amines) is 1. The predicted octanol–water partition coefficient (Wildman–Crippen LogP) is 2.71. The highest BCUT2D eigenvalue weighted by molar-refractivity contribution is 14.0. The molecule has 2 rings (SSSR count). The number of hydrogen-bond donors (Lipinski definition) is 1. The average Bonchev–Trinajstić information content (AvgIpc) is 2.88. The van der Waals surface area contributed by atoms with Gasteiger partial charge in [0.2, 0.25) is 0 Å². The van der Waals surface area contributed by atoms with Crippen molar-refractivity contribution in [2.75, 3.05) is 13.6 Å². The summed E-state index contributed by atoms with van der Waals surface area (Å²) in [6.45, 7) is 12.7. The van der Waals surface area contributed by atoms with E-state index in [1.54, 1.807) is 0 Å². The number of halogens is 1. The molecule has 100 valence electrons. The van der Waals surface area contributed by atoms with E-state index in [0.717, 1.165) is 18.4 Å². The lowest BCUT2D eigenvalue weighted by Crippen LogP contribution is -2.72. The highest BCUT2D eigenvalue weighted by Crippen LogP contribution is 2.46. The number of aliphatic imine (C=N–C) groups is 1. The molecule has 1 aliphatic heterocycles. The van der Waals surface area contributed by atoms with Crippen LogP contribution in [0.1, 0.15) is 41.0 Å². The van der Waals surface area contributed by atoms with Gasteiger partial charge in [-0.2, -0.15) is 0 Å². The Balaban J connectivity index is 0.00000144. The van der Waals surface area contributed by atoms with Crippen molar-refractivity contribution in [3.63, 3.8) is 0 Å². The van der Waals surface area contributed by atoms with Gasteiger partial charge in [-0.3, -0.25) is 4.99 Å². The zero-order valence-corrected chi connectivity index (χ0v) is 14.2. The second-order valence-electron chi connectivity index (χ2n) is 6.54. The second kappa shape index (κ2) is 4.59. The van der Waals surface area contributed by atoms with Crippen molar-refractivity contribution in [3.05, 3.63) is 0 Å². The van der Waals surface area contributed by atoms with Crippen LogP contribution >= 0.6 is 24.0 Å². The summed E-state index contributed by atoms with van der Waals surface area (Å²) in [7, 11) is 1.89. The number of guanidine groups is 1. The number of hydrogen-bond acceptors (Lipinski definition) is 1. The Morgan fingerprint density at radius 2 is 1.82 bits per heavy atom. The number of nitrogens with one attached hydrogen (secondary N) is 1. The van der Waals surface area contributed by atoms with Crippen LogP contribution in [0.3, 0.4) is 0 Å². The molecule has 2 fully saturated rings. The van der Waals surface area contributed by atoms with E-state index in [1.807, 2.05) is 7.05 Å². The SMILES string of the molecule is CN=C(NC1CC1C)N1CC(C)(C)C1(C)C.I. The maximum Gasteiger partial charge on any atom is 0.194 e. The first-order chi connectivity index (χ1) is 7.29. The van der Waals surface area contributed by atoms with Crippen molar-refractivity contribution < 1.29 is 0 Å². The summed E-state index contributed by atoms with van der Waals surface area (Å²) in [6, 6.07) is 0.651. The lowest BCUT2D eigenvalue weighted by Gasteiger charge is -2.62. The molecular weight excluding hydrogens is 325 g/mol. The van der Waals surface area contributed by atoms with E-state index < -0.39 is 0 Å². The minimum Gasteiger partial charge on any atom is -0.353 e. The Kier molecular flexibility index (Phi) is 4.07. The van der Waals surface area contributed by atoms with Gasteiger partial charge in [0.05, 0.1) is 0 Å². The average molecular weight is 351 g/mol. The van der Waals surface area contributed by atoms with E-state index in [1.165, 1.54) is 6.42 Å². The quantitative estimate of drug-likeness (QED) is 0.447. The van der Waals surface area contributed by atoms with E-state index in [2.05, 4.69) is 49.8 Å². The predicted molar refractivity (Wildman–Crippen MR) is 84.0 cm³/mol. The maximum atomic E-state index is 4.42. The first-order valence-electron chi connectivity index (χ1n) is 6.30. The third-order valence-corrected chi connectivity index (χ3v) is 4.78. The second-order valence-corrected chi connectivity index (χ2v) is 6.54. The standard InChI is InChI=1S/C13H25N3.HI/c1-9-7-10(9)15-11(14-6)16-8-12(2,3)13(16,4)5;/h9-10H,7-8H2,1-6H3,(H,14,15);1H. The van der Waals surface area contributed by atoms with Crippen LogP contribution in [0.15, 0.2) is 4.99 Å². The van der Waals surface area contributed by atoms with Crippen LogP contribution in [-0.4, -0.2) is 36.0 Å². The monoisotopic (exact) mass is 351 g/mol. The van der Waals surface area contributed by atoms with Gasteiger partial charge in [-0.1, -0.05) is 20.8 Å². The molecule has 17 heavy (non-hydrogen) atoms. The molecule has 3 nitrogen and oxygen atoms in total. The molecule has 0 radical (unpaired) electrons. The zero-order chi connectivity index (χ0) is 12.1. The summed E-state index contributed by atoms with van der Waals surface area (Å²) in [5.74, 6) is 1.90. The largest absolute Gasteiger partial charge is 0.353 e. The van der Waals surface area contributed by atoms with Gasteiger partial charge in [-0.15, -0.1) is 24.0 Å². The molecule has 1 saturated heterocycles. The summed E-state index contributed by atoms with van der Waals surface area (Å²) < 4.78 is 0. The van der Waals surface area contributed by atoms with Crippen LogP contribution < -0.4 is 5.32 Å². The van der Waals surface area contributed by atoms with Gasteiger partial charge < -0.3 is 10.2 Å². The van der Waals surface area contributed by atoms with Gasteiger partial charge in [0.15, 0.2) is 5.96 Å². The van der Waals surface area contributed by atoms with Crippen molar-refractivity contribution in [2.45, 2.75) is 52.6 Å². The van der Waals surface area contributed by atoms with Crippen LogP contribution in [0.4, 0.5) is 0 Å². The Bertz CT molecular complexity index is 323. The summed E-state index contributed by atoms with van der Waals surface area (Å²) in [5.41, 5.74) is 0.576. The third-order valence-electron chi connectivity index (χ3n) is 4.78. The molecule has 2 atom stereocenters. The fraction of sp³-hybridized carbons (Fsp3) is 0.923. The molecule has 1 saturated carbocycles. The normalized spacial score (nSPS) is 33.5. The molecule has 2 unspecified atom stereocenters. The van der Waals surface area contributed by atoms with Crippen molar-refractivity contribution in [1.82, 2.24) is 10.2 Å². The van der Waals surface area contributed by atoms with Gasteiger partial charge in [-0.05, 0) is 26.2 Å². The van der Waals surface area contributed by atoms with Crippen LogP contribution in [0.2, 0.25) is 0 Å². The van der Waals surface area contributed by atoms with Crippen molar-refractivity contribution in [3.8, 4) is 0 Å². The van der Waals surface area contributed by atoms with Crippen LogP contribution in [0, 0.1) is 11.3 Å². The molecule has 0 aromatic rings. The van der Waals surface area contributed by atoms with E-state index in [9.17, 15) is 0 Å². The van der Waals surface area contributed by atoms with Gasteiger partial charge in [0, 0.05) is 30.6 Å². The Morgan fingerprint density at radius 1 is 1.29 bits per heavy atom. The molecule has 1 aliphatic carbocycles. The molecule has 1 heterocycles. The third kappa shape index (κ3) is 2.42. The van der Waals surface area contributed by atoms with Crippen LogP contribution in [-0.2, 0) is 0 Å². The minimum absolute atomic E-state index is 0. The first kappa shape index (κ1) is 15.1. The molecule has 1 N–H and O–H groups in total. The van der Waals surface area contributed by atoms with Crippen molar-refractivity contribution >= 4 is 29.9 Å². The summed E-state index contributed by atoms with van der Waals surface area (Å²) >= 11 is 0. The topological polar surface area (TPSA) is 27.6 Å². The van der Waals surface area contributed by atoms with Gasteiger partial charge in [-0.25, -0.2) is 0 Å². The van der Waals surface area contributed by atoms with Gasteiger partial charge in [0.1, 0.15) is 0 Å². The lowest BCUT2D eigenvalue weighted by atomic mass is 9.65. The molecule has 0 aromatic carbocycles. The van der Waals surface area contributed by atoms with Crippen LogP contribution in [0.5, 0.6) is 0 Å². The number of nitrogens with zero attached hydrogens (tertiary/aromatic N) is 2.